The van der Waals surface area contributed by atoms with Crippen LogP contribution in [-0.2, 0) is 0 Å². The van der Waals surface area contributed by atoms with Gasteiger partial charge in [0.05, 0.1) is 16.4 Å². The third-order valence-corrected chi connectivity index (χ3v) is 2.66. The van der Waals surface area contributed by atoms with E-state index in [0.29, 0.717) is 17.3 Å². The fourth-order valence-electron chi connectivity index (χ4n) is 1.45. The van der Waals surface area contributed by atoms with Crippen molar-refractivity contribution in [2.24, 2.45) is 5.92 Å². The van der Waals surface area contributed by atoms with Crippen LogP contribution >= 0.6 is 11.6 Å². The standard InChI is InChI=1S/C12H18ClFN2/c1-8(2)4-3-5-16-12-6-9(13)10(14)7-11(12)15/h6-8,16H,3-5,15H2,1-2H3. The minimum Gasteiger partial charge on any atom is -0.397 e. The molecule has 3 N–H and O–H groups in total. The highest BCUT2D eigenvalue weighted by Crippen LogP contribution is 2.26. The van der Waals surface area contributed by atoms with Gasteiger partial charge in [-0.3, -0.25) is 0 Å². The Balaban J connectivity index is 2.51. The second-order valence-corrected chi connectivity index (χ2v) is 4.72. The first-order valence-corrected chi connectivity index (χ1v) is 5.87. The fourth-order valence-corrected chi connectivity index (χ4v) is 1.61. The fraction of sp³-hybridized carbons (Fsp3) is 0.500. The number of rotatable bonds is 5. The van der Waals surface area contributed by atoms with E-state index in [2.05, 4.69) is 19.2 Å². The molecule has 90 valence electrons. The maximum Gasteiger partial charge on any atom is 0.143 e. The van der Waals surface area contributed by atoms with Gasteiger partial charge in [0, 0.05) is 12.6 Å². The summed E-state index contributed by atoms with van der Waals surface area (Å²) in [6.07, 6.45) is 2.22. The number of anilines is 2. The van der Waals surface area contributed by atoms with Crippen LogP contribution in [0.5, 0.6) is 0 Å². The Labute approximate surface area is 101 Å². The third-order valence-electron chi connectivity index (χ3n) is 2.37. The average Bonchev–Trinajstić information content (AvgIpc) is 2.19. The maximum atomic E-state index is 13.0. The molecule has 0 radical (unpaired) electrons. The second kappa shape index (κ2) is 5.94. The Kier molecular flexibility index (Phi) is 4.87. The molecule has 1 rings (SSSR count). The molecule has 2 nitrogen and oxygen atoms in total. The molecule has 4 heteroatoms. The summed E-state index contributed by atoms with van der Waals surface area (Å²) >= 11 is 5.68. The molecule has 16 heavy (non-hydrogen) atoms. The lowest BCUT2D eigenvalue weighted by molar-refractivity contribution is 0.567. The molecule has 1 aromatic rings. The Bertz CT molecular complexity index is 353. The topological polar surface area (TPSA) is 38.0 Å². The van der Waals surface area contributed by atoms with Crippen molar-refractivity contribution in [2.75, 3.05) is 17.6 Å². The monoisotopic (exact) mass is 244 g/mol. The second-order valence-electron chi connectivity index (χ2n) is 4.32. The Morgan fingerprint density at radius 1 is 1.44 bits per heavy atom. The van der Waals surface area contributed by atoms with E-state index < -0.39 is 5.82 Å². The predicted octanol–water partition coefficient (Wildman–Crippen LogP) is 3.91. The Morgan fingerprint density at radius 3 is 2.75 bits per heavy atom. The smallest absolute Gasteiger partial charge is 0.143 e. The van der Waals surface area contributed by atoms with Gasteiger partial charge in [0.1, 0.15) is 5.82 Å². The zero-order valence-corrected chi connectivity index (χ0v) is 10.4. The van der Waals surface area contributed by atoms with Gasteiger partial charge < -0.3 is 11.1 Å². The third kappa shape index (κ3) is 3.89. The lowest BCUT2D eigenvalue weighted by Gasteiger charge is -2.11. The van der Waals surface area contributed by atoms with E-state index in [0.717, 1.165) is 19.4 Å². The normalized spacial score (nSPS) is 10.8. The number of hydrogen-bond donors (Lipinski definition) is 2. The molecule has 0 aliphatic carbocycles. The van der Waals surface area contributed by atoms with Gasteiger partial charge in [-0.05, 0) is 24.8 Å². The lowest BCUT2D eigenvalue weighted by atomic mass is 10.1. The molecule has 0 aromatic heterocycles. The molecule has 0 fully saturated rings. The van der Waals surface area contributed by atoms with Crippen molar-refractivity contribution in [2.45, 2.75) is 26.7 Å². The van der Waals surface area contributed by atoms with Crippen LogP contribution in [0.3, 0.4) is 0 Å². The predicted molar refractivity (Wildman–Crippen MR) is 68.4 cm³/mol. The number of nitrogen functional groups attached to an aromatic ring is 1. The molecule has 0 unspecified atom stereocenters. The molecule has 0 spiro atoms. The molecule has 0 atom stereocenters. The van der Waals surface area contributed by atoms with Crippen molar-refractivity contribution < 1.29 is 4.39 Å². The van der Waals surface area contributed by atoms with Crippen LogP contribution in [-0.4, -0.2) is 6.54 Å². The van der Waals surface area contributed by atoms with E-state index in [1.165, 1.54) is 12.1 Å². The first-order chi connectivity index (χ1) is 7.50. The summed E-state index contributed by atoms with van der Waals surface area (Å²) < 4.78 is 13.0. The van der Waals surface area contributed by atoms with Gasteiger partial charge in [-0.25, -0.2) is 4.39 Å². The first-order valence-electron chi connectivity index (χ1n) is 5.49. The highest BCUT2D eigenvalue weighted by Gasteiger charge is 2.05. The van der Waals surface area contributed by atoms with Crippen molar-refractivity contribution in [1.29, 1.82) is 0 Å². The van der Waals surface area contributed by atoms with Gasteiger partial charge in [-0.2, -0.15) is 0 Å². The van der Waals surface area contributed by atoms with Crippen LogP contribution in [0.1, 0.15) is 26.7 Å². The number of nitrogens with one attached hydrogen (secondary N) is 1. The minimum absolute atomic E-state index is 0.0977. The van der Waals surface area contributed by atoms with E-state index >= 15 is 0 Å². The van der Waals surface area contributed by atoms with Gasteiger partial charge in [-0.1, -0.05) is 25.4 Å². The summed E-state index contributed by atoms with van der Waals surface area (Å²) in [5.41, 5.74) is 6.77. The van der Waals surface area contributed by atoms with E-state index in [1.807, 2.05) is 0 Å². The van der Waals surface area contributed by atoms with E-state index in [4.69, 9.17) is 17.3 Å². The molecular formula is C12H18ClFN2. The molecule has 1 aromatic carbocycles. The number of benzene rings is 1. The number of nitrogens with two attached hydrogens (primary N) is 1. The van der Waals surface area contributed by atoms with Gasteiger partial charge in [0.15, 0.2) is 0 Å². The molecule has 0 saturated carbocycles. The number of hydrogen-bond acceptors (Lipinski definition) is 2. The van der Waals surface area contributed by atoms with Crippen molar-refractivity contribution in [3.05, 3.63) is 23.0 Å². The van der Waals surface area contributed by atoms with Crippen LogP contribution in [0.4, 0.5) is 15.8 Å². The summed E-state index contributed by atoms with van der Waals surface area (Å²) in [5.74, 6) is 0.211. The maximum absolute atomic E-state index is 13.0. The molecule has 0 heterocycles. The molecule has 0 bridgehead atoms. The first kappa shape index (κ1) is 13.1. The van der Waals surface area contributed by atoms with E-state index in [1.54, 1.807) is 0 Å². The minimum atomic E-state index is -0.480. The summed E-state index contributed by atoms with van der Waals surface area (Å²) in [6.45, 7) is 5.19. The van der Waals surface area contributed by atoms with Crippen molar-refractivity contribution in [1.82, 2.24) is 0 Å². The van der Waals surface area contributed by atoms with Crippen LogP contribution in [0.2, 0.25) is 5.02 Å². The summed E-state index contributed by atoms with van der Waals surface area (Å²) in [7, 11) is 0. The quantitative estimate of drug-likeness (QED) is 0.609. The molecule has 0 saturated heterocycles. The Morgan fingerprint density at radius 2 is 2.12 bits per heavy atom. The van der Waals surface area contributed by atoms with Gasteiger partial charge in [0.2, 0.25) is 0 Å². The molecular weight excluding hydrogens is 227 g/mol. The van der Waals surface area contributed by atoms with Crippen molar-refractivity contribution in [3.63, 3.8) is 0 Å². The summed E-state index contributed by atoms with van der Waals surface area (Å²) in [5, 5.41) is 3.26. The van der Waals surface area contributed by atoms with Gasteiger partial charge >= 0.3 is 0 Å². The Hall–Kier alpha value is -0.960. The molecule has 0 amide bonds. The van der Waals surface area contributed by atoms with Crippen molar-refractivity contribution in [3.8, 4) is 0 Å². The van der Waals surface area contributed by atoms with Gasteiger partial charge in [0.25, 0.3) is 0 Å². The van der Waals surface area contributed by atoms with Crippen LogP contribution in [0, 0.1) is 11.7 Å². The van der Waals surface area contributed by atoms with Crippen LogP contribution < -0.4 is 11.1 Å². The number of halogens is 2. The summed E-state index contributed by atoms with van der Waals surface area (Å²) in [4.78, 5) is 0. The summed E-state index contributed by atoms with van der Waals surface area (Å²) in [6, 6.07) is 2.77. The highest BCUT2D eigenvalue weighted by atomic mass is 35.5. The SMILES string of the molecule is CC(C)CCCNc1cc(Cl)c(F)cc1N. The largest absolute Gasteiger partial charge is 0.397 e. The van der Waals surface area contributed by atoms with Crippen molar-refractivity contribution >= 4 is 23.0 Å². The van der Waals surface area contributed by atoms with Crippen LogP contribution in [0.25, 0.3) is 0 Å². The van der Waals surface area contributed by atoms with E-state index in [-0.39, 0.29) is 5.02 Å². The zero-order chi connectivity index (χ0) is 12.1. The molecule has 0 aliphatic heterocycles. The van der Waals surface area contributed by atoms with E-state index in [9.17, 15) is 4.39 Å². The highest BCUT2D eigenvalue weighted by molar-refractivity contribution is 6.31. The van der Waals surface area contributed by atoms with Crippen LogP contribution in [0.15, 0.2) is 12.1 Å². The lowest BCUT2D eigenvalue weighted by Crippen LogP contribution is -2.05. The molecule has 0 aliphatic rings. The average molecular weight is 245 g/mol. The zero-order valence-electron chi connectivity index (χ0n) is 9.69. The van der Waals surface area contributed by atoms with Gasteiger partial charge in [-0.15, -0.1) is 0 Å².